The molecule has 9 heteroatoms. The molecule has 0 N–H and O–H groups in total. The van der Waals surface area contributed by atoms with Crippen LogP contribution in [0.5, 0.6) is 0 Å². The highest BCUT2D eigenvalue weighted by Crippen LogP contribution is 2.28. The predicted molar refractivity (Wildman–Crippen MR) is 109 cm³/mol. The average molecular weight is 396 g/mol. The number of ether oxygens (including phenoxy) is 2. The molecule has 1 aliphatic heterocycles. The van der Waals surface area contributed by atoms with Crippen molar-refractivity contribution in [2.24, 2.45) is 7.05 Å². The number of rotatable bonds is 4. The molecule has 0 aliphatic carbocycles. The number of imidazole rings is 1. The summed E-state index contributed by atoms with van der Waals surface area (Å²) in [5, 5.41) is 0. The molecule has 4 rings (SSSR count). The molecule has 0 unspecified atom stereocenters. The highest BCUT2D eigenvalue weighted by molar-refractivity contribution is 5.86. The Morgan fingerprint density at radius 1 is 1.14 bits per heavy atom. The van der Waals surface area contributed by atoms with Gasteiger partial charge in [0, 0.05) is 39.8 Å². The van der Waals surface area contributed by atoms with Crippen LogP contribution in [0.25, 0.3) is 22.6 Å². The largest absolute Gasteiger partial charge is 0.441 e. The second-order valence-electron chi connectivity index (χ2n) is 7.04. The fourth-order valence-corrected chi connectivity index (χ4v) is 3.19. The van der Waals surface area contributed by atoms with E-state index in [4.69, 9.17) is 24.4 Å². The van der Waals surface area contributed by atoms with Gasteiger partial charge in [-0.15, -0.1) is 0 Å². The summed E-state index contributed by atoms with van der Waals surface area (Å²) in [7, 11) is 5.16. The first-order chi connectivity index (χ1) is 14.0. The van der Waals surface area contributed by atoms with E-state index in [0.717, 1.165) is 24.5 Å². The van der Waals surface area contributed by atoms with Gasteiger partial charge < -0.3 is 23.8 Å². The van der Waals surface area contributed by atoms with Crippen LogP contribution in [-0.4, -0.2) is 70.9 Å². The molecule has 152 valence electrons. The minimum Gasteiger partial charge on any atom is -0.441 e. The molecular formula is C20H24N6O3. The number of anilines is 1. The highest BCUT2D eigenvalue weighted by Gasteiger charge is 2.23. The van der Waals surface area contributed by atoms with Crippen molar-refractivity contribution in [2.75, 3.05) is 45.3 Å². The molecule has 9 nitrogen and oxygen atoms in total. The van der Waals surface area contributed by atoms with Crippen LogP contribution in [0.3, 0.4) is 0 Å². The number of hydrogen-bond donors (Lipinski definition) is 0. The van der Waals surface area contributed by atoms with Crippen LogP contribution >= 0.6 is 0 Å². The molecule has 0 radical (unpaired) electrons. The van der Waals surface area contributed by atoms with E-state index in [9.17, 15) is 4.79 Å². The maximum absolute atomic E-state index is 11.8. The van der Waals surface area contributed by atoms with Crippen molar-refractivity contribution in [3.8, 4) is 11.4 Å². The number of benzene rings is 1. The van der Waals surface area contributed by atoms with Crippen molar-refractivity contribution in [3.05, 3.63) is 36.2 Å². The van der Waals surface area contributed by atoms with Crippen LogP contribution in [-0.2, 0) is 23.1 Å². The number of hydrogen-bond acceptors (Lipinski definition) is 7. The van der Waals surface area contributed by atoms with Crippen LogP contribution in [0.1, 0.15) is 5.82 Å². The van der Waals surface area contributed by atoms with E-state index >= 15 is 0 Å². The van der Waals surface area contributed by atoms with E-state index in [1.165, 1.54) is 4.90 Å². The molecule has 0 saturated carbocycles. The smallest absolute Gasteiger partial charge is 0.409 e. The molecule has 3 heterocycles. The van der Waals surface area contributed by atoms with E-state index in [2.05, 4.69) is 4.90 Å². The molecule has 0 bridgehead atoms. The van der Waals surface area contributed by atoms with Crippen molar-refractivity contribution < 1.29 is 14.3 Å². The molecule has 3 aromatic rings. The van der Waals surface area contributed by atoms with Crippen molar-refractivity contribution in [3.63, 3.8) is 0 Å². The maximum Gasteiger partial charge on any atom is 0.409 e. The molecule has 0 atom stereocenters. The Labute approximate surface area is 168 Å². The summed E-state index contributed by atoms with van der Waals surface area (Å²) >= 11 is 0. The zero-order valence-corrected chi connectivity index (χ0v) is 16.8. The van der Waals surface area contributed by atoms with Gasteiger partial charge in [-0.1, -0.05) is 30.3 Å². The Kier molecular flexibility index (Phi) is 5.30. The normalized spacial score (nSPS) is 14.2. The molecule has 1 aliphatic rings. The molecule has 0 spiro atoms. The van der Waals surface area contributed by atoms with Crippen molar-refractivity contribution in [2.45, 2.75) is 6.61 Å². The number of carbonyl (C=O) groups excluding carboxylic acids is 1. The predicted octanol–water partition coefficient (Wildman–Crippen LogP) is 2.07. The summed E-state index contributed by atoms with van der Waals surface area (Å²) in [5.74, 6) is 2.03. The van der Waals surface area contributed by atoms with Crippen LogP contribution < -0.4 is 4.90 Å². The van der Waals surface area contributed by atoms with Crippen molar-refractivity contribution in [1.29, 1.82) is 0 Å². The molecule has 2 aromatic heterocycles. The molecule has 29 heavy (non-hydrogen) atoms. The van der Waals surface area contributed by atoms with Gasteiger partial charge >= 0.3 is 6.09 Å². The van der Waals surface area contributed by atoms with E-state index in [0.29, 0.717) is 36.0 Å². The summed E-state index contributed by atoms with van der Waals surface area (Å²) in [6.45, 7) is 2.83. The Morgan fingerprint density at radius 3 is 2.55 bits per heavy atom. The summed E-state index contributed by atoms with van der Waals surface area (Å²) in [6, 6.07) is 9.87. The monoisotopic (exact) mass is 396 g/mol. The number of carbonyl (C=O) groups is 1. The quantitative estimate of drug-likeness (QED) is 0.667. The van der Waals surface area contributed by atoms with Crippen LogP contribution in [0.4, 0.5) is 10.6 Å². The zero-order valence-electron chi connectivity index (χ0n) is 16.8. The second kappa shape index (κ2) is 8.04. The molecule has 1 fully saturated rings. The lowest BCUT2D eigenvalue weighted by Crippen LogP contribution is -2.37. The topological polar surface area (TPSA) is 85.6 Å². The van der Waals surface area contributed by atoms with Gasteiger partial charge in [-0.2, -0.15) is 0 Å². The van der Waals surface area contributed by atoms with Gasteiger partial charge in [-0.3, -0.25) is 0 Å². The second-order valence-corrected chi connectivity index (χ2v) is 7.04. The Morgan fingerprint density at radius 2 is 1.86 bits per heavy atom. The lowest BCUT2D eigenvalue weighted by Gasteiger charge is -2.28. The van der Waals surface area contributed by atoms with Crippen molar-refractivity contribution in [1.82, 2.24) is 24.4 Å². The Bertz CT molecular complexity index is 1010. The summed E-state index contributed by atoms with van der Waals surface area (Å²) in [4.78, 5) is 29.7. The third-order valence-electron chi connectivity index (χ3n) is 4.83. The van der Waals surface area contributed by atoms with Crippen molar-refractivity contribution >= 4 is 23.1 Å². The fraction of sp³-hybridized carbons (Fsp3) is 0.400. The van der Waals surface area contributed by atoms with Gasteiger partial charge in [0.2, 0.25) is 0 Å². The summed E-state index contributed by atoms with van der Waals surface area (Å²) in [5.41, 5.74) is 2.34. The molecule has 1 amide bonds. The SMILES string of the molecule is CN(C)C(=O)OCc1nc2c(N3CCOCC3)nc(-c3ccccc3)nc2n1C. The zero-order chi connectivity index (χ0) is 20.4. The van der Waals surface area contributed by atoms with E-state index in [1.54, 1.807) is 14.1 Å². The van der Waals surface area contributed by atoms with Gasteiger partial charge in [0.25, 0.3) is 0 Å². The summed E-state index contributed by atoms with van der Waals surface area (Å²) in [6.07, 6.45) is -0.415. The standard InChI is InChI=1S/C20H24N6O3/c1-24(2)20(27)29-13-15-21-16-18(25(15)3)22-17(14-7-5-4-6-8-14)23-19(16)26-9-11-28-12-10-26/h4-8H,9-13H2,1-3H3. The lowest BCUT2D eigenvalue weighted by atomic mass is 10.2. The number of fused-ring (bicyclic) bond motifs is 1. The van der Waals surface area contributed by atoms with E-state index in [-0.39, 0.29) is 6.61 Å². The van der Waals surface area contributed by atoms with Gasteiger partial charge in [0.1, 0.15) is 5.82 Å². The minimum absolute atomic E-state index is 0.0626. The first kappa shape index (κ1) is 19.1. The highest BCUT2D eigenvalue weighted by atomic mass is 16.6. The van der Waals surface area contributed by atoms with Crippen LogP contribution in [0.15, 0.2) is 30.3 Å². The van der Waals surface area contributed by atoms with E-state index < -0.39 is 6.09 Å². The Balaban J connectivity index is 1.79. The minimum atomic E-state index is -0.415. The van der Waals surface area contributed by atoms with Gasteiger partial charge in [0.15, 0.2) is 29.4 Å². The molecular weight excluding hydrogens is 372 g/mol. The first-order valence-corrected chi connectivity index (χ1v) is 9.50. The number of amides is 1. The first-order valence-electron chi connectivity index (χ1n) is 9.50. The van der Waals surface area contributed by atoms with Crippen LogP contribution in [0.2, 0.25) is 0 Å². The number of nitrogens with zero attached hydrogens (tertiary/aromatic N) is 6. The lowest BCUT2D eigenvalue weighted by molar-refractivity contribution is 0.109. The van der Waals surface area contributed by atoms with Gasteiger partial charge in [0.05, 0.1) is 13.2 Å². The maximum atomic E-state index is 11.8. The van der Waals surface area contributed by atoms with Gasteiger partial charge in [-0.25, -0.2) is 19.7 Å². The van der Waals surface area contributed by atoms with Crippen LogP contribution in [0, 0.1) is 0 Å². The average Bonchev–Trinajstić information content (AvgIpc) is 3.08. The number of morpholine rings is 1. The number of aryl methyl sites for hydroxylation is 1. The summed E-state index contributed by atoms with van der Waals surface area (Å²) < 4.78 is 12.7. The van der Waals surface area contributed by atoms with E-state index in [1.807, 2.05) is 41.9 Å². The fourth-order valence-electron chi connectivity index (χ4n) is 3.19. The Hall–Kier alpha value is -3.20. The number of aromatic nitrogens is 4. The molecule has 1 saturated heterocycles. The third-order valence-corrected chi connectivity index (χ3v) is 4.83. The molecule has 1 aromatic carbocycles. The van der Waals surface area contributed by atoms with Gasteiger partial charge in [-0.05, 0) is 0 Å². The third kappa shape index (κ3) is 3.86.